The van der Waals surface area contributed by atoms with E-state index in [-0.39, 0.29) is 0 Å². The quantitative estimate of drug-likeness (QED) is 0.681. The molecule has 72 valence electrons. The molecule has 0 saturated carbocycles. The Morgan fingerprint density at radius 3 is 2.15 bits per heavy atom. The first-order valence-corrected chi connectivity index (χ1v) is 4.93. The number of aromatic nitrogens is 2. The van der Waals surface area contributed by atoms with Crippen LogP contribution in [0.1, 0.15) is 51.0 Å². The van der Waals surface area contributed by atoms with E-state index >= 15 is 0 Å². The molecule has 0 bridgehead atoms. The van der Waals surface area contributed by atoms with E-state index in [9.17, 15) is 0 Å². The van der Waals surface area contributed by atoms with Crippen LogP contribution in [0.3, 0.4) is 0 Å². The van der Waals surface area contributed by atoms with Crippen molar-refractivity contribution in [1.29, 1.82) is 0 Å². The second-order valence-electron chi connectivity index (χ2n) is 3.78. The van der Waals surface area contributed by atoms with Crippen molar-refractivity contribution in [3.63, 3.8) is 0 Å². The van der Waals surface area contributed by atoms with E-state index in [1.807, 2.05) is 6.07 Å². The smallest absolute Gasteiger partial charge is 0.133 e. The molecular weight excluding hydrogens is 184 g/mol. The van der Waals surface area contributed by atoms with Crippen LogP contribution in [-0.2, 0) is 0 Å². The second-order valence-corrected chi connectivity index (χ2v) is 4.17. The molecule has 0 N–H and O–H groups in total. The molecule has 0 amide bonds. The van der Waals surface area contributed by atoms with Crippen LogP contribution < -0.4 is 0 Å². The van der Waals surface area contributed by atoms with Crippen LogP contribution in [0.15, 0.2) is 6.07 Å². The predicted molar refractivity (Wildman–Crippen MR) is 55.2 cm³/mol. The minimum absolute atomic E-state index is 0.330. The van der Waals surface area contributed by atoms with Crippen molar-refractivity contribution in [2.75, 3.05) is 0 Å². The van der Waals surface area contributed by atoms with Gasteiger partial charge in [-0.25, -0.2) is 9.97 Å². The molecule has 0 aliphatic rings. The van der Waals surface area contributed by atoms with E-state index in [0.717, 1.165) is 11.5 Å². The first-order valence-electron chi connectivity index (χ1n) is 4.55. The summed E-state index contributed by atoms with van der Waals surface area (Å²) in [5.74, 6) is 1.56. The number of halogens is 1. The highest BCUT2D eigenvalue weighted by molar-refractivity contribution is 6.29. The van der Waals surface area contributed by atoms with Gasteiger partial charge in [0.15, 0.2) is 0 Å². The molecule has 0 aliphatic heterocycles. The maximum atomic E-state index is 5.89. The summed E-state index contributed by atoms with van der Waals surface area (Å²) >= 11 is 5.89. The van der Waals surface area contributed by atoms with Crippen LogP contribution in [0, 0.1) is 0 Å². The van der Waals surface area contributed by atoms with Crippen LogP contribution in [-0.4, -0.2) is 9.97 Å². The lowest BCUT2D eigenvalue weighted by Gasteiger charge is -2.09. The van der Waals surface area contributed by atoms with E-state index in [2.05, 4.69) is 37.7 Å². The monoisotopic (exact) mass is 198 g/mol. The van der Waals surface area contributed by atoms with Crippen LogP contribution in [0.25, 0.3) is 0 Å². The summed E-state index contributed by atoms with van der Waals surface area (Å²) in [7, 11) is 0. The molecule has 0 unspecified atom stereocenters. The van der Waals surface area contributed by atoms with Crippen LogP contribution in [0.5, 0.6) is 0 Å². The number of hydrogen-bond acceptors (Lipinski definition) is 2. The maximum Gasteiger partial charge on any atom is 0.133 e. The van der Waals surface area contributed by atoms with Gasteiger partial charge in [-0.15, -0.1) is 0 Å². The topological polar surface area (TPSA) is 25.8 Å². The molecule has 2 nitrogen and oxygen atoms in total. The van der Waals surface area contributed by atoms with Gasteiger partial charge < -0.3 is 0 Å². The second kappa shape index (κ2) is 4.05. The first-order chi connectivity index (χ1) is 6.00. The normalized spacial score (nSPS) is 11.3. The van der Waals surface area contributed by atoms with Crippen molar-refractivity contribution in [2.24, 2.45) is 0 Å². The molecule has 1 aromatic rings. The molecule has 0 aliphatic carbocycles. The Morgan fingerprint density at radius 1 is 1.08 bits per heavy atom. The molecule has 0 radical (unpaired) electrons. The van der Waals surface area contributed by atoms with E-state index in [1.54, 1.807) is 0 Å². The zero-order valence-electron chi connectivity index (χ0n) is 8.50. The molecule has 1 aromatic heterocycles. The third kappa shape index (κ3) is 2.66. The van der Waals surface area contributed by atoms with Crippen LogP contribution in [0.4, 0.5) is 0 Å². The molecular formula is C10H15ClN2. The Labute approximate surface area is 84.4 Å². The molecule has 0 aromatic carbocycles. The third-order valence-corrected chi connectivity index (χ3v) is 2.03. The van der Waals surface area contributed by atoms with Gasteiger partial charge >= 0.3 is 0 Å². The summed E-state index contributed by atoms with van der Waals surface area (Å²) in [6.45, 7) is 8.33. The summed E-state index contributed by atoms with van der Waals surface area (Å²) in [6.07, 6.45) is 0. The summed E-state index contributed by atoms with van der Waals surface area (Å²) < 4.78 is 0. The fourth-order valence-corrected chi connectivity index (χ4v) is 1.21. The number of hydrogen-bond donors (Lipinski definition) is 0. The Kier molecular flexibility index (Phi) is 3.26. The number of rotatable bonds is 2. The Morgan fingerprint density at radius 2 is 1.69 bits per heavy atom. The van der Waals surface area contributed by atoms with Gasteiger partial charge in [0, 0.05) is 11.6 Å². The van der Waals surface area contributed by atoms with Crippen molar-refractivity contribution in [3.8, 4) is 0 Å². The van der Waals surface area contributed by atoms with E-state index in [4.69, 9.17) is 11.6 Å². The van der Waals surface area contributed by atoms with Gasteiger partial charge in [0.05, 0.1) is 0 Å². The molecule has 0 spiro atoms. The Balaban J connectivity index is 3.11. The highest BCUT2D eigenvalue weighted by Gasteiger charge is 2.08. The fraction of sp³-hybridized carbons (Fsp3) is 0.600. The van der Waals surface area contributed by atoms with Crippen molar-refractivity contribution in [3.05, 3.63) is 22.7 Å². The molecule has 0 saturated heterocycles. The minimum Gasteiger partial charge on any atom is -0.237 e. The average Bonchev–Trinajstić information content (AvgIpc) is 2.03. The van der Waals surface area contributed by atoms with Crippen LogP contribution in [0.2, 0.25) is 5.15 Å². The maximum absolute atomic E-state index is 5.89. The van der Waals surface area contributed by atoms with Gasteiger partial charge in [-0.2, -0.15) is 0 Å². The van der Waals surface area contributed by atoms with Gasteiger partial charge in [0.2, 0.25) is 0 Å². The lowest BCUT2D eigenvalue weighted by atomic mass is 10.1. The van der Waals surface area contributed by atoms with Gasteiger partial charge in [-0.1, -0.05) is 39.3 Å². The number of nitrogens with zero attached hydrogens (tertiary/aromatic N) is 2. The zero-order chi connectivity index (χ0) is 10.0. The fourth-order valence-electron chi connectivity index (χ4n) is 1.01. The first kappa shape index (κ1) is 10.5. The molecule has 13 heavy (non-hydrogen) atoms. The van der Waals surface area contributed by atoms with Gasteiger partial charge in [0.1, 0.15) is 11.0 Å². The summed E-state index contributed by atoms with van der Waals surface area (Å²) in [6, 6.07) is 1.83. The van der Waals surface area contributed by atoms with Crippen LogP contribution >= 0.6 is 11.6 Å². The molecule has 3 heteroatoms. The van der Waals surface area contributed by atoms with Gasteiger partial charge in [-0.3, -0.25) is 0 Å². The van der Waals surface area contributed by atoms with Gasteiger partial charge in [0.25, 0.3) is 0 Å². The zero-order valence-corrected chi connectivity index (χ0v) is 9.26. The SMILES string of the molecule is CC(C)c1cc(Cl)nc(C(C)C)n1. The molecule has 1 rings (SSSR count). The Hall–Kier alpha value is -0.630. The van der Waals surface area contributed by atoms with Gasteiger partial charge in [-0.05, 0) is 12.0 Å². The van der Waals surface area contributed by atoms with E-state index in [1.165, 1.54) is 0 Å². The van der Waals surface area contributed by atoms with Crippen molar-refractivity contribution in [2.45, 2.75) is 39.5 Å². The lowest BCUT2D eigenvalue weighted by molar-refractivity contribution is 0.729. The van der Waals surface area contributed by atoms with Crippen molar-refractivity contribution < 1.29 is 0 Å². The van der Waals surface area contributed by atoms with Crippen molar-refractivity contribution >= 4 is 11.6 Å². The summed E-state index contributed by atoms with van der Waals surface area (Å²) in [5, 5.41) is 0.544. The highest BCUT2D eigenvalue weighted by Crippen LogP contribution is 2.18. The average molecular weight is 199 g/mol. The van der Waals surface area contributed by atoms with Crippen molar-refractivity contribution in [1.82, 2.24) is 9.97 Å². The highest BCUT2D eigenvalue weighted by atomic mass is 35.5. The third-order valence-electron chi connectivity index (χ3n) is 1.84. The Bertz CT molecular complexity index is 269. The largest absolute Gasteiger partial charge is 0.237 e. The van der Waals surface area contributed by atoms with E-state index in [0.29, 0.717) is 17.0 Å². The lowest BCUT2D eigenvalue weighted by Crippen LogP contribution is -2.02. The standard InChI is InChI=1S/C10H15ClN2/c1-6(2)8-5-9(11)13-10(12-8)7(3)4/h5-7H,1-4H3. The summed E-state index contributed by atoms with van der Waals surface area (Å²) in [5.41, 5.74) is 1.02. The minimum atomic E-state index is 0.330. The molecule has 1 heterocycles. The molecule has 0 atom stereocenters. The summed E-state index contributed by atoms with van der Waals surface area (Å²) in [4.78, 5) is 8.61. The molecule has 0 fully saturated rings. The predicted octanol–water partition coefficient (Wildman–Crippen LogP) is 3.38. The van der Waals surface area contributed by atoms with E-state index < -0.39 is 0 Å².